The van der Waals surface area contributed by atoms with Crippen LogP contribution in [-0.4, -0.2) is 39.0 Å². The molecule has 0 unspecified atom stereocenters. The number of anilines is 1. The number of likely N-dealkylation sites (tertiary alicyclic amines) is 1. The fourth-order valence-electron chi connectivity index (χ4n) is 4.01. The van der Waals surface area contributed by atoms with Crippen LogP contribution < -0.4 is 5.32 Å². The van der Waals surface area contributed by atoms with Crippen molar-refractivity contribution < 1.29 is 4.79 Å². The van der Waals surface area contributed by atoms with Gasteiger partial charge in [-0.1, -0.05) is 18.1 Å². The third-order valence-electron chi connectivity index (χ3n) is 5.35. The molecule has 0 radical (unpaired) electrons. The van der Waals surface area contributed by atoms with Gasteiger partial charge in [-0.25, -0.2) is 4.79 Å². The van der Waals surface area contributed by atoms with Crippen LogP contribution in [0.25, 0.3) is 0 Å². The van der Waals surface area contributed by atoms with Crippen LogP contribution >= 0.6 is 11.3 Å². The number of piperidine rings is 1. The first-order valence-corrected chi connectivity index (χ1v) is 10.2. The molecule has 1 aliphatic heterocycles. The van der Waals surface area contributed by atoms with Gasteiger partial charge in [-0.3, -0.25) is 4.68 Å². The molecule has 1 N–H and O–H groups in total. The van der Waals surface area contributed by atoms with Gasteiger partial charge in [0.1, 0.15) is 0 Å². The van der Waals surface area contributed by atoms with Gasteiger partial charge in [0.15, 0.2) is 0 Å². The first kappa shape index (κ1) is 16.6. The Morgan fingerprint density at radius 1 is 1.28 bits per heavy atom. The lowest BCUT2D eigenvalue weighted by molar-refractivity contribution is 0.168. The Morgan fingerprint density at radius 3 is 2.96 bits per heavy atom. The highest BCUT2D eigenvalue weighted by atomic mass is 32.1. The van der Waals surface area contributed by atoms with Crippen molar-refractivity contribution in [3.8, 4) is 0 Å². The number of hydrogen-bond acceptors (Lipinski definition) is 4. The van der Waals surface area contributed by atoms with E-state index in [1.807, 2.05) is 26.4 Å². The minimum absolute atomic E-state index is 0.00772. The number of rotatable bonds is 4. The van der Waals surface area contributed by atoms with Crippen molar-refractivity contribution in [3.05, 3.63) is 28.7 Å². The van der Waals surface area contributed by atoms with E-state index in [4.69, 9.17) is 0 Å². The number of urea groups is 1. The molecule has 1 atom stereocenters. The molecule has 25 heavy (non-hydrogen) atoms. The zero-order valence-electron chi connectivity index (χ0n) is 14.4. The third kappa shape index (κ3) is 4.03. The molecule has 4 rings (SSSR count). The van der Waals surface area contributed by atoms with Crippen molar-refractivity contribution in [2.75, 3.05) is 18.4 Å². The van der Waals surface area contributed by atoms with E-state index in [-0.39, 0.29) is 6.03 Å². The molecule has 2 aliphatic rings. The monoisotopic (exact) mass is 359 g/mol. The van der Waals surface area contributed by atoms with E-state index >= 15 is 0 Å². The standard InChI is InChI=1S/C18H25N5OS/c24-18(19-16-7-9-25-13-16)22-8-3-4-14(10-22)11-23-12-17(20-21-23)15-5-1-2-6-15/h7,9,12-15H,1-6,8,10-11H2,(H,19,24)/t14-/m1/s1. The molecule has 1 aliphatic carbocycles. The van der Waals surface area contributed by atoms with Crippen molar-refractivity contribution in [1.82, 2.24) is 19.9 Å². The number of hydrogen-bond donors (Lipinski definition) is 1. The maximum atomic E-state index is 12.4. The van der Waals surface area contributed by atoms with E-state index in [9.17, 15) is 4.79 Å². The molecule has 0 spiro atoms. The van der Waals surface area contributed by atoms with Crippen LogP contribution in [0.1, 0.15) is 50.1 Å². The lowest BCUT2D eigenvalue weighted by Crippen LogP contribution is -2.43. The van der Waals surface area contributed by atoms with Gasteiger partial charge in [0, 0.05) is 37.1 Å². The van der Waals surface area contributed by atoms with Crippen LogP contribution in [-0.2, 0) is 6.54 Å². The second kappa shape index (κ2) is 7.56. The Kier molecular flexibility index (Phi) is 5.01. The van der Waals surface area contributed by atoms with Gasteiger partial charge < -0.3 is 10.2 Å². The molecular weight excluding hydrogens is 334 g/mol. The summed E-state index contributed by atoms with van der Waals surface area (Å²) in [4.78, 5) is 14.4. The van der Waals surface area contributed by atoms with Gasteiger partial charge in [-0.2, -0.15) is 11.3 Å². The Balaban J connectivity index is 1.32. The van der Waals surface area contributed by atoms with Crippen molar-refractivity contribution in [2.45, 2.75) is 51.0 Å². The van der Waals surface area contributed by atoms with Gasteiger partial charge in [0.05, 0.1) is 11.4 Å². The normalized spacial score (nSPS) is 21.6. The minimum Gasteiger partial charge on any atom is -0.324 e. The summed E-state index contributed by atoms with van der Waals surface area (Å²) in [6.07, 6.45) is 9.44. The van der Waals surface area contributed by atoms with E-state index in [1.54, 1.807) is 11.3 Å². The third-order valence-corrected chi connectivity index (χ3v) is 6.04. The Morgan fingerprint density at radius 2 is 2.16 bits per heavy atom. The Bertz CT molecular complexity index is 692. The smallest absolute Gasteiger partial charge is 0.321 e. The quantitative estimate of drug-likeness (QED) is 0.899. The molecule has 134 valence electrons. The van der Waals surface area contributed by atoms with E-state index in [0.29, 0.717) is 11.8 Å². The second-order valence-electron chi connectivity index (χ2n) is 7.24. The van der Waals surface area contributed by atoms with Crippen molar-refractivity contribution >= 4 is 23.1 Å². The summed E-state index contributed by atoms with van der Waals surface area (Å²) in [5.41, 5.74) is 2.04. The highest BCUT2D eigenvalue weighted by molar-refractivity contribution is 7.08. The van der Waals surface area contributed by atoms with Gasteiger partial charge in [-0.15, -0.1) is 5.10 Å². The van der Waals surface area contributed by atoms with Crippen LogP contribution in [0.3, 0.4) is 0 Å². The summed E-state index contributed by atoms with van der Waals surface area (Å²) in [7, 11) is 0. The van der Waals surface area contributed by atoms with E-state index < -0.39 is 0 Å². The summed E-state index contributed by atoms with van der Waals surface area (Å²) in [6, 6.07) is 1.94. The van der Waals surface area contributed by atoms with Crippen LogP contribution in [0, 0.1) is 5.92 Å². The second-order valence-corrected chi connectivity index (χ2v) is 8.02. The maximum absolute atomic E-state index is 12.4. The Labute approximate surface area is 152 Å². The molecule has 1 saturated heterocycles. The van der Waals surface area contributed by atoms with Gasteiger partial charge in [0.25, 0.3) is 0 Å². The lowest BCUT2D eigenvalue weighted by atomic mass is 9.98. The molecule has 0 bridgehead atoms. The maximum Gasteiger partial charge on any atom is 0.321 e. The fraction of sp³-hybridized carbons (Fsp3) is 0.611. The molecule has 6 nitrogen and oxygen atoms in total. The van der Waals surface area contributed by atoms with Crippen molar-refractivity contribution in [1.29, 1.82) is 0 Å². The number of amides is 2. The van der Waals surface area contributed by atoms with Crippen molar-refractivity contribution in [3.63, 3.8) is 0 Å². The predicted octanol–water partition coefficient (Wildman–Crippen LogP) is 3.94. The molecular formula is C18H25N5OS. The number of nitrogens with zero attached hydrogens (tertiary/aromatic N) is 4. The number of thiophene rings is 1. The zero-order valence-corrected chi connectivity index (χ0v) is 15.2. The predicted molar refractivity (Wildman–Crippen MR) is 98.9 cm³/mol. The van der Waals surface area contributed by atoms with Crippen LogP contribution in [0.4, 0.5) is 10.5 Å². The first-order chi connectivity index (χ1) is 12.3. The average Bonchev–Trinajstić information content (AvgIpc) is 3.37. The van der Waals surface area contributed by atoms with E-state index in [1.165, 1.54) is 25.7 Å². The van der Waals surface area contributed by atoms with Gasteiger partial charge in [-0.05, 0) is 43.0 Å². The van der Waals surface area contributed by atoms with Crippen LogP contribution in [0.5, 0.6) is 0 Å². The Hall–Kier alpha value is -1.89. The first-order valence-electron chi connectivity index (χ1n) is 9.26. The minimum atomic E-state index is 0.00772. The molecule has 2 amide bonds. The SMILES string of the molecule is O=C(Nc1ccsc1)N1CCC[C@@H](Cn2cc(C3CCCC3)nn2)C1. The van der Waals surface area contributed by atoms with E-state index in [2.05, 4.69) is 21.8 Å². The van der Waals surface area contributed by atoms with Crippen molar-refractivity contribution in [2.24, 2.45) is 5.92 Å². The van der Waals surface area contributed by atoms with Gasteiger partial charge >= 0.3 is 6.03 Å². The van der Waals surface area contributed by atoms with Crippen LogP contribution in [0.15, 0.2) is 23.0 Å². The highest BCUT2D eigenvalue weighted by Crippen LogP contribution is 2.32. The number of carbonyl (C=O) groups excluding carboxylic acids is 1. The summed E-state index contributed by atoms with van der Waals surface area (Å²) in [5, 5.41) is 15.6. The van der Waals surface area contributed by atoms with Crippen LogP contribution in [0.2, 0.25) is 0 Å². The summed E-state index contributed by atoms with van der Waals surface area (Å²) < 4.78 is 1.98. The fourth-order valence-corrected chi connectivity index (χ4v) is 4.60. The largest absolute Gasteiger partial charge is 0.324 e. The molecule has 1 saturated carbocycles. The topological polar surface area (TPSA) is 63.1 Å². The molecule has 2 aromatic rings. The number of nitrogens with one attached hydrogen (secondary N) is 1. The summed E-state index contributed by atoms with van der Waals surface area (Å²) in [6.45, 7) is 2.47. The average molecular weight is 359 g/mol. The van der Waals surface area contributed by atoms with E-state index in [0.717, 1.165) is 43.9 Å². The zero-order chi connectivity index (χ0) is 17.1. The number of aromatic nitrogens is 3. The molecule has 2 fully saturated rings. The molecule has 3 heterocycles. The summed E-state index contributed by atoms with van der Waals surface area (Å²) in [5.74, 6) is 1.05. The summed E-state index contributed by atoms with van der Waals surface area (Å²) >= 11 is 1.59. The molecule has 0 aromatic carbocycles. The van der Waals surface area contributed by atoms with Gasteiger partial charge in [0.2, 0.25) is 0 Å². The number of carbonyl (C=O) groups is 1. The molecule has 7 heteroatoms. The lowest BCUT2D eigenvalue weighted by Gasteiger charge is -2.32. The molecule has 2 aromatic heterocycles. The highest BCUT2D eigenvalue weighted by Gasteiger charge is 2.25.